The number of nitrogens with zero attached hydrogens (tertiary/aromatic N) is 2. The second kappa shape index (κ2) is 7.91. The highest BCUT2D eigenvalue weighted by Crippen LogP contribution is 2.31. The molecule has 2 aromatic carbocycles. The summed E-state index contributed by atoms with van der Waals surface area (Å²) in [5.74, 6) is 0.143. The van der Waals surface area contributed by atoms with Gasteiger partial charge < -0.3 is 9.73 Å². The smallest absolute Gasteiger partial charge is 0.277 e. The molecule has 25 heavy (non-hydrogen) atoms. The van der Waals surface area contributed by atoms with Gasteiger partial charge in [-0.2, -0.15) is 0 Å². The molecule has 5 nitrogen and oxygen atoms in total. The van der Waals surface area contributed by atoms with Crippen molar-refractivity contribution in [1.29, 1.82) is 0 Å². The molecule has 0 aliphatic heterocycles. The fourth-order valence-electron chi connectivity index (χ4n) is 2.00. The third-order valence-corrected chi connectivity index (χ3v) is 4.85. The Kier molecular flexibility index (Phi) is 5.63. The van der Waals surface area contributed by atoms with Crippen molar-refractivity contribution < 1.29 is 9.21 Å². The Morgan fingerprint density at radius 3 is 2.44 bits per heavy atom. The van der Waals surface area contributed by atoms with Crippen molar-refractivity contribution in [3.05, 3.63) is 58.6 Å². The molecular formula is C17H13Cl2N3O2S. The molecule has 0 fully saturated rings. The number of benzene rings is 2. The van der Waals surface area contributed by atoms with E-state index in [2.05, 4.69) is 15.5 Å². The quantitative estimate of drug-likeness (QED) is 0.606. The van der Waals surface area contributed by atoms with E-state index in [-0.39, 0.29) is 5.91 Å². The maximum absolute atomic E-state index is 12.4. The Morgan fingerprint density at radius 1 is 1.08 bits per heavy atom. The summed E-state index contributed by atoms with van der Waals surface area (Å²) in [6.07, 6.45) is 0. The predicted molar refractivity (Wildman–Crippen MR) is 100 cm³/mol. The summed E-state index contributed by atoms with van der Waals surface area (Å²) in [5, 5.41) is 11.3. The van der Waals surface area contributed by atoms with Crippen LogP contribution in [0.4, 0.5) is 5.69 Å². The van der Waals surface area contributed by atoms with Crippen LogP contribution in [0.3, 0.4) is 0 Å². The van der Waals surface area contributed by atoms with E-state index in [1.807, 2.05) is 30.3 Å². The van der Waals surface area contributed by atoms with Gasteiger partial charge >= 0.3 is 0 Å². The molecule has 3 aromatic rings. The summed E-state index contributed by atoms with van der Waals surface area (Å²) in [5.41, 5.74) is 1.21. The molecule has 1 N–H and O–H groups in total. The molecular weight excluding hydrogens is 381 g/mol. The fraction of sp³-hybridized carbons (Fsp3) is 0.118. The van der Waals surface area contributed by atoms with Gasteiger partial charge in [0.05, 0.1) is 21.0 Å². The molecule has 128 valence electrons. The van der Waals surface area contributed by atoms with Gasteiger partial charge in [0, 0.05) is 5.56 Å². The van der Waals surface area contributed by atoms with Crippen molar-refractivity contribution in [3.63, 3.8) is 0 Å². The van der Waals surface area contributed by atoms with Gasteiger partial charge in [0.15, 0.2) is 0 Å². The summed E-state index contributed by atoms with van der Waals surface area (Å²) in [6, 6.07) is 14.4. The van der Waals surface area contributed by atoms with E-state index in [1.165, 1.54) is 0 Å². The van der Waals surface area contributed by atoms with Crippen LogP contribution in [0.2, 0.25) is 10.0 Å². The van der Waals surface area contributed by atoms with E-state index in [0.29, 0.717) is 26.8 Å². The van der Waals surface area contributed by atoms with Crippen LogP contribution in [-0.2, 0) is 4.79 Å². The Balaban J connectivity index is 1.67. The molecule has 0 aliphatic carbocycles. The van der Waals surface area contributed by atoms with Crippen molar-refractivity contribution in [2.24, 2.45) is 0 Å². The number of amides is 1. The molecule has 1 amide bonds. The Bertz CT molecular complexity index is 866. The van der Waals surface area contributed by atoms with Gasteiger partial charge in [0.25, 0.3) is 5.22 Å². The van der Waals surface area contributed by atoms with Gasteiger partial charge in [-0.25, -0.2) is 0 Å². The molecule has 1 heterocycles. The summed E-state index contributed by atoms with van der Waals surface area (Å²) in [7, 11) is 0. The van der Waals surface area contributed by atoms with E-state index >= 15 is 0 Å². The van der Waals surface area contributed by atoms with Gasteiger partial charge in [0.1, 0.15) is 0 Å². The number of aromatic nitrogens is 2. The zero-order valence-electron chi connectivity index (χ0n) is 13.1. The fourth-order valence-corrected chi connectivity index (χ4v) is 3.18. The topological polar surface area (TPSA) is 68.0 Å². The highest BCUT2D eigenvalue weighted by Gasteiger charge is 2.20. The Morgan fingerprint density at radius 2 is 1.76 bits per heavy atom. The molecule has 0 saturated carbocycles. The first-order chi connectivity index (χ1) is 12.0. The highest BCUT2D eigenvalue weighted by atomic mass is 35.5. The van der Waals surface area contributed by atoms with E-state index in [4.69, 9.17) is 27.6 Å². The molecule has 1 atom stereocenters. The average molecular weight is 394 g/mol. The standard InChI is InChI=1S/C17H13Cl2N3O2S/c1-10(15(23)20-14-12(18)8-5-9-13(14)19)25-17-22-21-16(24-17)11-6-3-2-4-7-11/h2-10H,1H3,(H,20,23)/t10-/m0/s1. The van der Waals surface area contributed by atoms with Crippen LogP contribution in [0.1, 0.15) is 6.92 Å². The molecule has 8 heteroatoms. The second-order valence-corrected chi connectivity index (χ2v) is 7.19. The Hall–Kier alpha value is -2.02. The van der Waals surface area contributed by atoms with E-state index in [9.17, 15) is 4.79 Å². The van der Waals surface area contributed by atoms with Crippen LogP contribution in [0.5, 0.6) is 0 Å². The van der Waals surface area contributed by atoms with Crippen LogP contribution in [-0.4, -0.2) is 21.4 Å². The van der Waals surface area contributed by atoms with Crippen LogP contribution in [0.15, 0.2) is 58.2 Å². The zero-order chi connectivity index (χ0) is 17.8. The first-order valence-electron chi connectivity index (χ1n) is 7.35. The number of thioether (sulfide) groups is 1. The molecule has 0 aliphatic rings. The number of hydrogen-bond acceptors (Lipinski definition) is 5. The molecule has 0 bridgehead atoms. The second-order valence-electron chi connectivity index (χ2n) is 5.09. The van der Waals surface area contributed by atoms with Crippen LogP contribution >= 0.6 is 35.0 Å². The lowest BCUT2D eigenvalue weighted by Gasteiger charge is -2.12. The first kappa shape index (κ1) is 17.8. The van der Waals surface area contributed by atoms with Crippen LogP contribution in [0, 0.1) is 0 Å². The van der Waals surface area contributed by atoms with Crippen LogP contribution in [0.25, 0.3) is 11.5 Å². The van der Waals surface area contributed by atoms with Gasteiger partial charge in [0.2, 0.25) is 11.8 Å². The number of halogens is 2. The maximum atomic E-state index is 12.4. The number of anilines is 1. The van der Waals surface area contributed by atoms with Gasteiger partial charge in [-0.15, -0.1) is 10.2 Å². The molecule has 0 unspecified atom stereocenters. The third-order valence-electron chi connectivity index (χ3n) is 3.28. The minimum Gasteiger partial charge on any atom is -0.411 e. The zero-order valence-corrected chi connectivity index (χ0v) is 15.4. The maximum Gasteiger partial charge on any atom is 0.277 e. The largest absolute Gasteiger partial charge is 0.411 e. The molecule has 0 spiro atoms. The first-order valence-corrected chi connectivity index (χ1v) is 8.98. The van der Waals surface area contributed by atoms with Gasteiger partial charge in [-0.1, -0.05) is 59.2 Å². The Labute approximate surface area is 158 Å². The van der Waals surface area contributed by atoms with Crippen molar-refractivity contribution in [2.45, 2.75) is 17.4 Å². The van der Waals surface area contributed by atoms with E-state index in [1.54, 1.807) is 25.1 Å². The van der Waals surface area contributed by atoms with E-state index < -0.39 is 5.25 Å². The summed E-state index contributed by atoms with van der Waals surface area (Å²) < 4.78 is 5.60. The minimum absolute atomic E-state index is 0.264. The molecule has 0 saturated heterocycles. The molecule has 1 aromatic heterocycles. The number of nitrogens with one attached hydrogen (secondary N) is 1. The number of para-hydroxylation sites is 1. The van der Waals surface area contributed by atoms with Gasteiger partial charge in [-0.3, -0.25) is 4.79 Å². The lowest BCUT2D eigenvalue weighted by atomic mass is 10.2. The van der Waals surface area contributed by atoms with E-state index in [0.717, 1.165) is 17.3 Å². The minimum atomic E-state index is -0.476. The lowest BCUT2D eigenvalue weighted by Crippen LogP contribution is -2.22. The van der Waals surface area contributed by atoms with Crippen molar-refractivity contribution in [1.82, 2.24) is 10.2 Å². The van der Waals surface area contributed by atoms with Crippen molar-refractivity contribution in [2.75, 3.05) is 5.32 Å². The molecule has 3 rings (SSSR count). The van der Waals surface area contributed by atoms with Gasteiger partial charge in [-0.05, 0) is 31.2 Å². The number of rotatable bonds is 5. The van der Waals surface area contributed by atoms with Crippen molar-refractivity contribution in [3.8, 4) is 11.5 Å². The number of carbonyl (C=O) groups is 1. The number of hydrogen-bond donors (Lipinski definition) is 1. The van der Waals surface area contributed by atoms with Crippen LogP contribution < -0.4 is 5.32 Å². The predicted octanol–water partition coefficient (Wildman–Crippen LogP) is 5.16. The number of carbonyl (C=O) groups excluding carboxylic acids is 1. The SMILES string of the molecule is C[C@H](Sc1nnc(-c2ccccc2)o1)C(=O)Nc1c(Cl)cccc1Cl. The lowest BCUT2D eigenvalue weighted by molar-refractivity contribution is -0.115. The van der Waals surface area contributed by atoms with Crippen molar-refractivity contribution >= 4 is 46.6 Å². The molecule has 0 radical (unpaired) electrons. The summed E-state index contributed by atoms with van der Waals surface area (Å²) >= 11 is 13.3. The average Bonchev–Trinajstić information content (AvgIpc) is 3.07. The monoisotopic (exact) mass is 393 g/mol. The highest BCUT2D eigenvalue weighted by molar-refractivity contribution is 8.00. The third kappa shape index (κ3) is 4.34. The summed E-state index contributed by atoms with van der Waals surface area (Å²) in [4.78, 5) is 12.4. The summed E-state index contributed by atoms with van der Waals surface area (Å²) in [6.45, 7) is 1.73. The normalized spacial score (nSPS) is 12.0.